The Kier molecular flexibility index (Phi) is 7.27. The Hall–Kier alpha value is -3.40. The van der Waals surface area contributed by atoms with Crippen LogP contribution in [0.25, 0.3) is 11.3 Å². The van der Waals surface area contributed by atoms with Gasteiger partial charge in [-0.25, -0.2) is 10.5 Å². The van der Waals surface area contributed by atoms with Gasteiger partial charge in [-0.1, -0.05) is 49.6 Å². The van der Waals surface area contributed by atoms with E-state index < -0.39 is 6.35 Å². The fourth-order valence-corrected chi connectivity index (χ4v) is 4.60. The summed E-state index contributed by atoms with van der Waals surface area (Å²) in [7, 11) is 1.99. The third-order valence-corrected chi connectivity index (χ3v) is 6.66. The van der Waals surface area contributed by atoms with Crippen molar-refractivity contribution in [3.05, 3.63) is 72.7 Å². The standard InChI is InChI=1S/C26H33N7O2/c1-31(22-10-6-3-7-11-22)26(34)32-17-24(27-19-32)21-12-14-23(15-13-21)35-18-25-28-30-33(29-25)16-20-8-4-2-5-9-20/h2,4-5,8-9,12-15,17,19,22,26,30,34H,3,6-7,10-11,16,18H2,1H3,(H,28,29). The number of nitrogens with one attached hydrogen (secondary N) is 2. The quantitative estimate of drug-likeness (QED) is 0.408. The van der Waals surface area contributed by atoms with Gasteiger partial charge in [0.25, 0.3) is 0 Å². The van der Waals surface area contributed by atoms with Gasteiger partial charge < -0.3 is 9.84 Å². The van der Waals surface area contributed by atoms with Gasteiger partial charge in [0.2, 0.25) is 0 Å². The zero-order valence-electron chi connectivity index (χ0n) is 20.0. The highest BCUT2D eigenvalue weighted by Crippen LogP contribution is 2.27. The molecule has 9 heteroatoms. The lowest BCUT2D eigenvalue weighted by atomic mass is 9.95. The second-order valence-electron chi connectivity index (χ2n) is 9.16. The van der Waals surface area contributed by atoms with Gasteiger partial charge >= 0.3 is 0 Å². The number of rotatable bonds is 9. The number of hydrogen-bond acceptors (Lipinski definition) is 8. The lowest BCUT2D eigenvalue weighted by molar-refractivity contribution is -0.0695. The van der Waals surface area contributed by atoms with E-state index in [-0.39, 0.29) is 0 Å². The Morgan fingerprint density at radius 2 is 1.86 bits per heavy atom. The molecule has 1 fully saturated rings. The van der Waals surface area contributed by atoms with Crippen LogP contribution in [-0.4, -0.2) is 50.2 Å². The second kappa shape index (κ2) is 10.9. The molecule has 2 aliphatic rings. The van der Waals surface area contributed by atoms with E-state index in [4.69, 9.17) is 4.74 Å². The van der Waals surface area contributed by atoms with Crippen molar-refractivity contribution in [2.24, 2.45) is 5.10 Å². The van der Waals surface area contributed by atoms with Crippen LogP contribution in [0, 0.1) is 0 Å². The molecule has 1 atom stereocenters. The molecule has 9 nitrogen and oxygen atoms in total. The molecule has 35 heavy (non-hydrogen) atoms. The molecule has 5 rings (SSSR count). The first kappa shape index (κ1) is 23.3. The zero-order valence-corrected chi connectivity index (χ0v) is 20.0. The molecule has 2 heterocycles. The van der Waals surface area contributed by atoms with Crippen molar-refractivity contribution in [2.75, 3.05) is 13.7 Å². The fraction of sp³-hybridized carbons (Fsp3) is 0.385. The molecule has 2 aromatic carbocycles. The number of hydrazone groups is 1. The summed E-state index contributed by atoms with van der Waals surface area (Å²) in [4.78, 5) is 6.56. The van der Waals surface area contributed by atoms with Crippen LogP contribution in [0.15, 0.2) is 72.2 Å². The van der Waals surface area contributed by atoms with E-state index in [1.807, 2.05) is 60.8 Å². The number of aliphatic hydroxyl groups excluding tert-OH is 1. The molecule has 0 spiro atoms. The number of imidazole rings is 1. The van der Waals surface area contributed by atoms with Crippen molar-refractivity contribution in [3.8, 4) is 17.0 Å². The molecule has 0 radical (unpaired) electrons. The maximum Gasteiger partial charge on any atom is 0.191 e. The minimum Gasteiger partial charge on any atom is -0.486 e. The molecule has 184 valence electrons. The summed E-state index contributed by atoms with van der Waals surface area (Å²) in [5.41, 5.74) is 9.12. The molecule has 1 aliphatic carbocycles. The normalized spacial score (nSPS) is 17.6. The number of hydrogen-bond donors (Lipinski definition) is 3. The Bertz CT molecular complexity index is 1110. The average molecular weight is 476 g/mol. The molecule has 0 amide bonds. The first-order chi connectivity index (χ1) is 17.2. The van der Waals surface area contributed by atoms with Crippen molar-refractivity contribution < 1.29 is 9.84 Å². The van der Waals surface area contributed by atoms with Crippen LogP contribution in [-0.2, 0) is 6.54 Å². The number of nitrogens with zero attached hydrogens (tertiary/aromatic N) is 5. The summed E-state index contributed by atoms with van der Waals surface area (Å²) < 4.78 is 7.66. The van der Waals surface area contributed by atoms with Gasteiger partial charge in [-0.2, -0.15) is 0 Å². The highest BCUT2D eigenvalue weighted by atomic mass is 16.5. The van der Waals surface area contributed by atoms with Crippen molar-refractivity contribution in [2.45, 2.75) is 51.0 Å². The van der Waals surface area contributed by atoms with Crippen LogP contribution in [0.3, 0.4) is 0 Å². The Labute approximate surface area is 206 Å². The number of aromatic nitrogens is 2. The molecule has 1 saturated carbocycles. The molecule has 1 unspecified atom stereocenters. The summed E-state index contributed by atoms with van der Waals surface area (Å²) in [6.45, 7) is 1.01. The molecule has 1 aromatic heterocycles. The second-order valence-corrected chi connectivity index (χ2v) is 9.16. The largest absolute Gasteiger partial charge is 0.486 e. The van der Waals surface area contributed by atoms with Gasteiger partial charge in [0.05, 0.1) is 18.6 Å². The van der Waals surface area contributed by atoms with E-state index in [1.54, 1.807) is 10.9 Å². The first-order valence-corrected chi connectivity index (χ1v) is 12.2. The zero-order chi connectivity index (χ0) is 24.0. The minimum atomic E-state index is -0.711. The van der Waals surface area contributed by atoms with Crippen molar-refractivity contribution in [1.82, 2.24) is 30.5 Å². The number of amidine groups is 1. The van der Waals surface area contributed by atoms with Crippen LogP contribution in [0.4, 0.5) is 0 Å². The number of hydrazine groups is 2. The number of ether oxygens (including phenoxy) is 1. The van der Waals surface area contributed by atoms with Gasteiger partial charge in [-0.05, 0) is 49.7 Å². The van der Waals surface area contributed by atoms with E-state index in [2.05, 4.69) is 38.1 Å². The molecular formula is C26H33N7O2. The fourth-order valence-electron chi connectivity index (χ4n) is 4.60. The monoisotopic (exact) mass is 475 g/mol. The Balaban J connectivity index is 1.12. The van der Waals surface area contributed by atoms with Crippen molar-refractivity contribution in [1.29, 1.82) is 0 Å². The summed E-state index contributed by atoms with van der Waals surface area (Å²) in [6, 6.07) is 18.4. The van der Waals surface area contributed by atoms with Crippen molar-refractivity contribution >= 4 is 5.84 Å². The molecule has 0 saturated heterocycles. The SMILES string of the molecule is CN(C1CCCCC1)C(O)n1cnc(-c2ccc(OCC3=NNN(Cc4ccccc4)N3)cc2)c1. The summed E-state index contributed by atoms with van der Waals surface area (Å²) in [6.07, 6.45) is 8.92. The molecule has 3 N–H and O–H groups in total. The van der Waals surface area contributed by atoms with E-state index in [0.717, 1.165) is 29.8 Å². The van der Waals surface area contributed by atoms with Crippen LogP contribution in [0.1, 0.15) is 44.0 Å². The maximum atomic E-state index is 10.8. The van der Waals surface area contributed by atoms with Crippen LogP contribution >= 0.6 is 0 Å². The predicted octanol–water partition coefficient (Wildman–Crippen LogP) is 3.48. The van der Waals surface area contributed by atoms with Crippen LogP contribution < -0.4 is 15.7 Å². The Morgan fingerprint density at radius 3 is 2.63 bits per heavy atom. The average Bonchev–Trinajstić information content (AvgIpc) is 3.58. The third kappa shape index (κ3) is 5.82. The van der Waals surface area contributed by atoms with Crippen LogP contribution in [0.5, 0.6) is 5.75 Å². The topological polar surface area (TPSA) is 90.2 Å². The Morgan fingerprint density at radius 1 is 1.09 bits per heavy atom. The number of benzene rings is 2. The lowest BCUT2D eigenvalue weighted by Crippen LogP contribution is -2.42. The van der Waals surface area contributed by atoms with Gasteiger partial charge in [0.1, 0.15) is 12.4 Å². The maximum absolute atomic E-state index is 10.8. The van der Waals surface area contributed by atoms with E-state index >= 15 is 0 Å². The lowest BCUT2D eigenvalue weighted by Gasteiger charge is -2.34. The summed E-state index contributed by atoms with van der Waals surface area (Å²) in [5, 5.41) is 16.9. The molecule has 3 aromatic rings. The van der Waals surface area contributed by atoms with E-state index in [9.17, 15) is 5.11 Å². The van der Waals surface area contributed by atoms with Gasteiger partial charge in [0.15, 0.2) is 12.2 Å². The van der Waals surface area contributed by atoms with E-state index in [1.165, 1.54) is 24.8 Å². The van der Waals surface area contributed by atoms with Crippen molar-refractivity contribution in [3.63, 3.8) is 0 Å². The molecule has 0 bridgehead atoms. The predicted molar refractivity (Wildman–Crippen MR) is 135 cm³/mol. The highest BCUT2D eigenvalue weighted by Gasteiger charge is 2.24. The third-order valence-electron chi connectivity index (χ3n) is 6.66. The first-order valence-electron chi connectivity index (χ1n) is 12.2. The van der Waals surface area contributed by atoms with Gasteiger partial charge in [0, 0.05) is 17.8 Å². The van der Waals surface area contributed by atoms with Gasteiger partial charge in [-0.15, -0.1) is 10.2 Å². The van der Waals surface area contributed by atoms with Crippen LogP contribution in [0.2, 0.25) is 0 Å². The molecule has 1 aliphatic heterocycles. The number of aliphatic hydroxyl groups is 1. The summed E-state index contributed by atoms with van der Waals surface area (Å²) in [5.74, 6) is 1.45. The minimum absolute atomic E-state index is 0.325. The van der Waals surface area contributed by atoms with Gasteiger partial charge in [-0.3, -0.25) is 14.9 Å². The smallest absolute Gasteiger partial charge is 0.191 e. The molecular weight excluding hydrogens is 442 g/mol. The summed E-state index contributed by atoms with van der Waals surface area (Å²) >= 11 is 0. The highest BCUT2D eigenvalue weighted by molar-refractivity contribution is 5.83. The van der Waals surface area contributed by atoms with E-state index in [0.29, 0.717) is 25.0 Å².